The molecule has 1 aliphatic carbocycles. The summed E-state index contributed by atoms with van der Waals surface area (Å²) in [5.74, 6) is 3.03. The number of carbonyl (C=O) groups excluding carboxylic acids is 1. The van der Waals surface area contributed by atoms with Gasteiger partial charge in [0.25, 0.3) is 0 Å². The number of hydrogen-bond donors (Lipinski definition) is 2. The third-order valence-corrected chi connectivity index (χ3v) is 10.1. The van der Waals surface area contributed by atoms with E-state index in [2.05, 4.69) is 43.3 Å². The maximum atomic E-state index is 12.8. The molecular formula is C31H42N8O. The van der Waals surface area contributed by atoms with E-state index in [-0.39, 0.29) is 17.5 Å². The van der Waals surface area contributed by atoms with Crippen molar-refractivity contribution in [3.8, 4) is 0 Å². The third-order valence-electron chi connectivity index (χ3n) is 10.1. The number of nitrogens with zero attached hydrogens (tertiary/aromatic N) is 6. The minimum Gasteiger partial charge on any atom is -0.370 e. The molecule has 1 spiro atoms. The maximum Gasteiger partial charge on any atom is 0.246 e. The molecule has 1 saturated carbocycles. The number of rotatable bonds is 4. The van der Waals surface area contributed by atoms with Gasteiger partial charge in [-0.25, -0.2) is 9.97 Å². The molecule has 0 radical (unpaired) electrons. The molecule has 212 valence electrons. The molecule has 2 N–H and O–H groups in total. The molecule has 7 rings (SSSR count). The Balaban J connectivity index is 1.03. The van der Waals surface area contributed by atoms with E-state index in [1.54, 1.807) is 0 Å². The fourth-order valence-corrected chi connectivity index (χ4v) is 7.60. The number of nitrogens with one attached hydrogen (secondary N) is 2. The number of aromatic nitrogens is 3. The summed E-state index contributed by atoms with van der Waals surface area (Å²) in [5, 5.41) is 6.50. The van der Waals surface area contributed by atoms with Crippen molar-refractivity contribution in [2.45, 2.75) is 82.3 Å². The average molecular weight is 543 g/mol. The number of piperazine rings is 1. The van der Waals surface area contributed by atoms with Crippen LogP contribution in [0, 0.1) is 5.92 Å². The third kappa shape index (κ3) is 4.82. The number of hydrogen-bond acceptors (Lipinski definition) is 8. The molecule has 4 aliphatic heterocycles. The van der Waals surface area contributed by atoms with Gasteiger partial charge >= 0.3 is 0 Å². The quantitative estimate of drug-likeness (QED) is 0.590. The van der Waals surface area contributed by atoms with Crippen LogP contribution in [0.25, 0.3) is 6.08 Å². The molecule has 40 heavy (non-hydrogen) atoms. The lowest BCUT2D eigenvalue weighted by molar-refractivity contribution is -0.123. The smallest absolute Gasteiger partial charge is 0.246 e. The first-order chi connectivity index (χ1) is 19.6. The van der Waals surface area contributed by atoms with E-state index in [1.165, 1.54) is 63.7 Å². The van der Waals surface area contributed by atoms with Crippen LogP contribution >= 0.6 is 0 Å². The molecule has 0 aromatic carbocycles. The lowest BCUT2D eigenvalue weighted by atomic mass is 9.77. The molecule has 5 aliphatic rings. The molecule has 0 bridgehead atoms. The van der Waals surface area contributed by atoms with E-state index in [9.17, 15) is 4.79 Å². The van der Waals surface area contributed by atoms with E-state index >= 15 is 0 Å². The minimum absolute atomic E-state index is 0.0537. The van der Waals surface area contributed by atoms with Crippen molar-refractivity contribution in [3.63, 3.8) is 0 Å². The van der Waals surface area contributed by atoms with Crippen molar-refractivity contribution in [2.75, 3.05) is 47.8 Å². The van der Waals surface area contributed by atoms with Crippen LogP contribution in [-0.2, 0) is 4.79 Å². The van der Waals surface area contributed by atoms with Crippen LogP contribution in [0.3, 0.4) is 0 Å². The molecule has 1 atom stereocenters. The molecular weight excluding hydrogens is 500 g/mol. The number of carbonyl (C=O) groups is 1. The number of pyridine rings is 1. The van der Waals surface area contributed by atoms with Crippen molar-refractivity contribution in [1.29, 1.82) is 0 Å². The van der Waals surface area contributed by atoms with Crippen LogP contribution in [0.4, 0.5) is 23.3 Å². The molecule has 6 heterocycles. The zero-order chi connectivity index (χ0) is 27.1. The summed E-state index contributed by atoms with van der Waals surface area (Å²) in [5.41, 5.74) is 2.06. The average Bonchev–Trinajstić information content (AvgIpc) is 3.00. The van der Waals surface area contributed by atoms with Crippen molar-refractivity contribution in [2.24, 2.45) is 5.92 Å². The molecule has 3 saturated heterocycles. The second-order valence-electron chi connectivity index (χ2n) is 12.6. The summed E-state index contributed by atoms with van der Waals surface area (Å²) in [7, 11) is 0. The Hall–Kier alpha value is -3.20. The molecule has 9 heteroatoms. The zero-order valence-corrected chi connectivity index (χ0v) is 23.7. The maximum absolute atomic E-state index is 12.8. The van der Waals surface area contributed by atoms with Crippen LogP contribution in [-0.4, -0.2) is 76.1 Å². The fourth-order valence-electron chi connectivity index (χ4n) is 7.60. The summed E-state index contributed by atoms with van der Waals surface area (Å²) in [6.45, 7) is 7.76. The van der Waals surface area contributed by atoms with Gasteiger partial charge in [0.1, 0.15) is 17.7 Å². The van der Waals surface area contributed by atoms with E-state index < -0.39 is 0 Å². The highest BCUT2D eigenvalue weighted by Crippen LogP contribution is 2.43. The summed E-state index contributed by atoms with van der Waals surface area (Å²) in [6, 6.07) is 4.59. The molecule has 2 aromatic rings. The Morgan fingerprint density at radius 2 is 1.77 bits per heavy atom. The molecule has 4 fully saturated rings. The predicted molar refractivity (Wildman–Crippen MR) is 159 cm³/mol. The van der Waals surface area contributed by atoms with Gasteiger partial charge in [-0.2, -0.15) is 4.98 Å². The van der Waals surface area contributed by atoms with Gasteiger partial charge in [-0.15, -0.1) is 0 Å². The number of likely N-dealkylation sites (tertiary alicyclic amines) is 1. The van der Waals surface area contributed by atoms with Gasteiger partial charge in [0.05, 0.1) is 17.4 Å². The standard InChI is InChI=1S/C31H42N8O/c1-22-9-15-37(16-10-22)24-11-17-38(18-12-24)25-6-8-27(32-20-25)35-30-33-19-23-5-7-26-29(40)34-21-31(13-3-2-4-14-31)39(26)28(23)36-30/h5-8,19-20,22,24,26H,2-4,9-18,21H2,1H3,(H,34,40)(H,32,33,35,36). The fraction of sp³-hybridized carbons (Fsp3) is 0.613. The Kier molecular flexibility index (Phi) is 6.86. The topological polar surface area (TPSA) is 89.5 Å². The van der Waals surface area contributed by atoms with Crippen molar-refractivity contribution >= 4 is 35.3 Å². The van der Waals surface area contributed by atoms with Crippen LogP contribution in [0.1, 0.15) is 70.3 Å². The highest BCUT2D eigenvalue weighted by atomic mass is 16.2. The minimum atomic E-state index is -0.317. The van der Waals surface area contributed by atoms with Gasteiger partial charge in [-0.05, 0) is 69.7 Å². The Morgan fingerprint density at radius 1 is 0.975 bits per heavy atom. The van der Waals surface area contributed by atoms with Gasteiger partial charge < -0.3 is 25.3 Å². The van der Waals surface area contributed by atoms with Crippen molar-refractivity contribution in [3.05, 3.63) is 36.2 Å². The first-order valence-electron chi connectivity index (χ1n) is 15.4. The SMILES string of the molecule is CC1CCN(C2CCN(c3ccc(Nc4ncc5c(n4)N4C(C=C5)C(=O)NCC45CCCCC5)nc3)CC2)CC1. The van der Waals surface area contributed by atoms with E-state index in [1.807, 2.05) is 30.6 Å². The van der Waals surface area contributed by atoms with E-state index in [4.69, 9.17) is 9.97 Å². The highest BCUT2D eigenvalue weighted by molar-refractivity contribution is 5.93. The Labute approximate surface area is 237 Å². The summed E-state index contributed by atoms with van der Waals surface area (Å²) >= 11 is 0. The Bertz CT molecular complexity index is 1240. The number of fused-ring (bicyclic) bond motifs is 4. The normalized spacial score (nSPS) is 25.4. The van der Waals surface area contributed by atoms with E-state index in [0.29, 0.717) is 12.5 Å². The highest BCUT2D eigenvalue weighted by Gasteiger charge is 2.49. The second kappa shape index (κ2) is 10.7. The first-order valence-corrected chi connectivity index (χ1v) is 15.4. The molecule has 9 nitrogen and oxygen atoms in total. The number of anilines is 4. The summed E-state index contributed by atoms with van der Waals surface area (Å²) < 4.78 is 0. The lowest BCUT2D eigenvalue weighted by Crippen LogP contribution is -2.69. The van der Waals surface area contributed by atoms with Crippen molar-refractivity contribution < 1.29 is 4.79 Å². The van der Waals surface area contributed by atoms with E-state index in [0.717, 1.165) is 55.1 Å². The number of piperidine rings is 2. The van der Waals surface area contributed by atoms with Gasteiger partial charge in [0.2, 0.25) is 11.9 Å². The monoisotopic (exact) mass is 542 g/mol. The van der Waals surface area contributed by atoms with Crippen LogP contribution in [0.15, 0.2) is 30.6 Å². The molecule has 2 aromatic heterocycles. The Morgan fingerprint density at radius 3 is 2.52 bits per heavy atom. The second-order valence-corrected chi connectivity index (χ2v) is 12.6. The van der Waals surface area contributed by atoms with Crippen LogP contribution in [0.2, 0.25) is 0 Å². The predicted octanol–water partition coefficient (Wildman–Crippen LogP) is 4.35. The summed E-state index contributed by atoms with van der Waals surface area (Å²) in [4.78, 5) is 34.6. The van der Waals surface area contributed by atoms with Gasteiger partial charge in [-0.3, -0.25) is 4.79 Å². The molecule has 1 amide bonds. The summed E-state index contributed by atoms with van der Waals surface area (Å²) in [6.07, 6.45) is 18.7. The first kappa shape index (κ1) is 25.7. The zero-order valence-electron chi connectivity index (χ0n) is 23.7. The van der Waals surface area contributed by atoms with Gasteiger partial charge in [0.15, 0.2) is 0 Å². The lowest BCUT2D eigenvalue weighted by Gasteiger charge is -2.54. The van der Waals surface area contributed by atoms with Crippen LogP contribution < -0.4 is 20.4 Å². The molecule has 1 unspecified atom stereocenters. The number of amides is 1. The largest absolute Gasteiger partial charge is 0.370 e. The van der Waals surface area contributed by atoms with Crippen molar-refractivity contribution in [1.82, 2.24) is 25.2 Å². The van der Waals surface area contributed by atoms with Gasteiger partial charge in [0, 0.05) is 37.4 Å². The van der Waals surface area contributed by atoms with Gasteiger partial charge in [-0.1, -0.05) is 38.3 Å². The van der Waals surface area contributed by atoms with Crippen LogP contribution in [0.5, 0.6) is 0 Å².